The fraction of sp³-hybridized carbons (Fsp3) is 0.286. The van der Waals surface area contributed by atoms with Gasteiger partial charge < -0.3 is 19.8 Å². The first-order valence-electron chi connectivity index (χ1n) is 6.34. The highest BCUT2D eigenvalue weighted by Gasteiger charge is 2.04. The molecule has 1 aromatic carbocycles. The fourth-order valence-corrected chi connectivity index (χ4v) is 1.60. The summed E-state index contributed by atoms with van der Waals surface area (Å²) in [6.45, 7) is 1.03. The highest BCUT2D eigenvalue weighted by molar-refractivity contribution is 5.71. The first-order chi connectivity index (χ1) is 9.74. The number of anilines is 1. The van der Waals surface area contributed by atoms with Crippen LogP contribution in [0.2, 0.25) is 0 Å². The molecule has 0 aliphatic heterocycles. The van der Waals surface area contributed by atoms with E-state index in [1.54, 1.807) is 36.8 Å². The number of benzene rings is 1. The zero-order valence-corrected chi connectivity index (χ0v) is 11.1. The van der Waals surface area contributed by atoms with Crippen molar-refractivity contribution in [3.8, 4) is 5.75 Å². The second kappa shape index (κ2) is 7.18. The molecule has 0 atom stereocenters. The highest BCUT2D eigenvalue weighted by Crippen LogP contribution is 2.12. The molecule has 0 aliphatic carbocycles. The number of hydrogen-bond donors (Lipinski definition) is 1. The number of ether oxygens (including phenoxy) is 2. The van der Waals surface area contributed by atoms with Crippen molar-refractivity contribution >= 4 is 11.7 Å². The van der Waals surface area contributed by atoms with Crippen LogP contribution in [0.4, 0.5) is 5.69 Å². The standard InChI is InChI=1S/C14H17N3O3/c15-12-2-4-13(5-3-12)20-10-14(18)19-9-1-7-17-8-6-16-11-17/h2-6,8,11H,1,7,9-10,15H2. The molecule has 0 bridgehead atoms. The smallest absolute Gasteiger partial charge is 0.344 e. The van der Waals surface area contributed by atoms with E-state index in [4.69, 9.17) is 15.2 Å². The molecular formula is C14H17N3O3. The molecule has 106 valence electrons. The summed E-state index contributed by atoms with van der Waals surface area (Å²) in [4.78, 5) is 15.4. The Bertz CT molecular complexity index is 523. The van der Waals surface area contributed by atoms with Gasteiger partial charge in [-0.1, -0.05) is 0 Å². The van der Waals surface area contributed by atoms with E-state index >= 15 is 0 Å². The summed E-state index contributed by atoms with van der Waals surface area (Å²) in [5.41, 5.74) is 6.20. The topological polar surface area (TPSA) is 79.4 Å². The third kappa shape index (κ3) is 4.64. The van der Waals surface area contributed by atoms with Gasteiger partial charge in [0.25, 0.3) is 0 Å². The van der Waals surface area contributed by atoms with Crippen LogP contribution in [0.15, 0.2) is 43.0 Å². The number of carbonyl (C=O) groups excluding carboxylic acids is 1. The Hall–Kier alpha value is -2.50. The van der Waals surface area contributed by atoms with Crippen molar-refractivity contribution in [3.63, 3.8) is 0 Å². The maximum Gasteiger partial charge on any atom is 0.344 e. The van der Waals surface area contributed by atoms with Crippen molar-refractivity contribution in [1.29, 1.82) is 0 Å². The maximum atomic E-state index is 11.5. The highest BCUT2D eigenvalue weighted by atomic mass is 16.6. The van der Waals surface area contributed by atoms with Gasteiger partial charge in [0.05, 0.1) is 12.9 Å². The van der Waals surface area contributed by atoms with Gasteiger partial charge in [-0.25, -0.2) is 9.78 Å². The van der Waals surface area contributed by atoms with Gasteiger partial charge in [-0.05, 0) is 30.7 Å². The maximum absolute atomic E-state index is 11.5. The predicted molar refractivity (Wildman–Crippen MR) is 74.2 cm³/mol. The minimum atomic E-state index is -0.382. The van der Waals surface area contributed by atoms with Gasteiger partial charge in [-0.15, -0.1) is 0 Å². The van der Waals surface area contributed by atoms with Crippen molar-refractivity contribution in [2.24, 2.45) is 0 Å². The van der Waals surface area contributed by atoms with Gasteiger partial charge in [-0.2, -0.15) is 0 Å². The molecule has 0 aliphatic rings. The number of rotatable bonds is 7. The summed E-state index contributed by atoms with van der Waals surface area (Å²) in [5.74, 6) is 0.210. The van der Waals surface area contributed by atoms with Crippen LogP contribution < -0.4 is 10.5 Å². The zero-order chi connectivity index (χ0) is 14.2. The molecule has 2 rings (SSSR count). The Balaban J connectivity index is 1.59. The van der Waals surface area contributed by atoms with Gasteiger partial charge in [0, 0.05) is 24.6 Å². The number of aromatic nitrogens is 2. The Kier molecular flexibility index (Phi) is 5.00. The molecule has 0 fully saturated rings. The molecule has 6 heteroatoms. The van der Waals surface area contributed by atoms with Crippen molar-refractivity contribution < 1.29 is 14.3 Å². The van der Waals surface area contributed by atoms with Gasteiger partial charge >= 0.3 is 5.97 Å². The van der Waals surface area contributed by atoms with E-state index in [1.807, 2.05) is 10.8 Å². The van der Waals surface area contributed by atoms with E-state index in [0.29, 0.717) is 18.0 Å². The minimum absolute atomic E-state index is 0.102. The number of nitrogen functional groups attached to an aromatic ring is 1. The largest absolute Gasteiger partial charge is 0.482 e. The molecule has 1 aromatic heterocycles. The molecule has 0 saturated heterocycles. The predicted octanol–water partition coefficient (Wildman–Crippen LogP) is 1.48. The molecule has 0 radical (unpaired) electrons. The van der Waals surface area contributed by atoms with E-state index in [-0.39, 0.29) is 12.6 Å². The van der Waals surface area contributed by atoms with Crippen molar-refractivity contribution in [3.05, 3.63) is 43.0 Å². The van der Waals surface area contributed by atoms with Gasteiger partial charge in [0.2, 0.25) is 0 Å². The van der Waals surface area contributed by atoms with Crippen LogP contribution in [-0.4, -0.2) is 28.7 Å². The second-order valence-corrected chi connectivity index (χ2v) is 4.23. The Morgan fingerprint density at radius 2 is 2.10 bits per heavy atom. The lowest BCUT2D eigenvalue weighted by Gasteiger charge is -2.07. The van der Waals surface area contributed by atoms with Gasteiger partial charge in [-0.3, -0.25) is 0 Å². The summed E-state index contributed by atoms with van der Waals surface area (Å²) in [6.07, 6.45) is 6.05. The van der Waals surface area contributed by atoms with Gasteiger partial charge in [0.15, 0.2) is 6.61 Å². The third-order valence-electron chi connectivity index (χ3n) is 2.62. The minimum Gasteiger partial charge on any atom is -0.482 e. The van der Waals surface area contributed by atoms with Crippen LogP contribution >= 0.6 is 0 Å². The van der Waals surface area contributed by atoms with E-state index in [2.05, 4.69) is 4.98 Å². The monoisotopic (exact) mass is 275 g/mol. The van der Waals surface area contributed by atoms with E-state index in [9.17, 15) is 4.79 Å². The number of aryl methyl sites for hydroxylation is 1. The number of carbonyl (C=O) groups is 1. The lowest BCUT2D eigenvalue weighted by Crippen LogP contribution is -2.16. The average molecular weight is 275 g/mol. The number of imidazole rings is 1. The molecule has 0 saturated carbocycles. The number of nitrogens with two attached hydrogens (primary N) is 1. The fourth-order valence-electron chi connectivity index (χ4n) is 1.60. The molecular weight excluding hydrogens is 258 g/mol. The molecule has 0 spiro atoms. The van der Waals surface area contributed by atoms with Crippen LogP contribution in [0.25, 0.3) is 0 Å². The molecule has 1 heterocycles. The van der Waals surface area contributed by atoms with E-state index in [1.165, 1.54) is 0 Å². The Labute approximate surface area is 117 Å². The number of hydrogen-bond acceptors (Lipinski definition) is 5. The second-order valence-electron chi connectivity index (χ2n) is 4.23. The molecule has 0 amide bonds. The number of esters is 1. The van der Waals surface area contributed by atoms with Crippen molar-refractivity contribution in [2.75, 3.05) is 18.9 Å². The van der Waals surface area contributed by atoms with Gasteiger partial charge in [0.1, 0.15) is 5.75 Å². The van der Waals surface area contributed by atoms with E-state index in [0.717, 1.165) is 13.0 Å². The summed E-state index contributed by atoms with van der Waals surface area (Å²) in [5, 5.41) is 0. The Morgan fingerprint density at radius 3 is 2.80 bits per heavy atom. The summed E-state index contributed by atoms with van der Waals surface area (Å²) in [7, 11) is 0. The van der Waals surface area contributed by atoms with Crippen LogP contribution in [0, 0.1) is 0 Å². The molecule has 2 N–H and O–H groups in total. The van der Waals surface area contributed by atoms with Crippen LogP contribution in [0.5, 0.6) is 5.75 Å². The summed E-state index contributed by atoms with van der Waals surface area (Å²) in [6, 6.07) is 6.85. The first kappa shape index (κ1) is 13.9. The first-order valence-corrected chi connectivity index (χ1v) is 6.34. The number of nitrogens with zero attached hydrogens (tertiary/aromatic N) is 2. The quantitative estimate of drug-likeness (QED) is 0.470. The van der Waals surface area contributed by atoms with Crippen LogP contribution in [0.3, 0.4) is 0 Å². The zero-order valence-electron chi connectivity index (χ0n) is 11.1. The van der Waals surface area contributed by atoms with E-state index < -0.39 is 0 Å². The molecule has 0 unspecified atom stereocenters. The molecule has 20 heavy (non-hydrogen) atoms. The lowest BCUT2D eigenvalue weighted by atomic mass is 10.3. The summed E-state index contributed by atoms with van der Waals surface area (Å²) < 4.78 is 12.3. The molecule has 2 aromatic rings. The van der Waals surface area contributed by atoms with Crippen LogP contribution in [0.1, 0.15) is 6.42 Å². The lowest BCUT2D eigenvalue weighted by molar-refractivity contribution is -0.146. The SMILES string of the molecule is Nc1ccc(OCC(=O)OCCCn2ccnc2)cc1. The Morgan fingerprint density at radius 1 is 1.30 bits per heavy atom. The average Bonchev–Trinajstić information content (AvgIpc) is 2.96. The normalized spacial score (nSPS) is 10.2. The van der Waals surface area contributed by atoms with Crippen molar-refractivity contribution in [1.82, 2.24) is 9.55 Å². The van der Waals surface area contributed by atoms with Crippen molar-refractivity contribution in [2.45, 2.75) is 13.0 Å². The van der Waals surface area contributed by atoms with Crippen LogP contribution in [-0.2, 0) is 16.1 Å². The summed E-state index contributed by atoms with van der Waals surface area (Å²) >= 11 is 0. The molecule has 6 nitrogen and oxygen atoms in total. The third-order valence-corrected chi connectivity index (χ3v) is 2.62.